The van der Waals surface area contributed by atoms with Crippen LogP contribution in [0.15, 0.2) is 134 Å². The third kappa shape index (κ3) is 20.6. The van der Waals surface area contributed by atoms with Gasteiger partial charge < -0.3 is 29.8 Å². The molecule has 0 spiro atoms. The van der Waals surface area contributed by atoms with Gasteiger partial charge in [0.25, 0.3) is 0 Å². The Kier molecular flexibility index (Phi) is 20.5. The molecule has 0 aliphatic rings. The molecule has 0 aliphatic heterocycles. The summed E-state index contributed by atoms with van der Waals surface area (Å²) in [5.41, 5.74) is -0.360. The summed E-state index contributed by atoms with van der Waals surface area (Å²) in [4.78, 5) is 41.6. The van der Waals surface area contributed by atoms with Crippen molar-refractivity contribution < 1.29 is 113 Å². The molecule has 0 atom stereocenters. The highest BCUT2D eigenvalue weighted by Gasteiger charge is 2.46. The number of aliphatic carboxylic acids is 1. The second kappa shape index (κ2) is 25.5. The van der Waals surface area contributed by atoms with Gasteiger partial charge in [-0.15, -0.1) is 52.7 Å². The number of aromatic nitrogens is 4. The summed E-state index contributed by atoms with van der Waals surface area (Å²) in [6.07, 6.45) is -28.0. The molecule has 0 unspecified atom stereocenters. The van der Waals surface area contributed by atoms with Crippen molar-refractivity contribution in [3.8, 4) is 23.0 Å². The van der Waals surface area contributed by atoms with Crippen molar-refractivity contribution in [3.05, 3.63) is 168 Å². The molecule has 12 nitrogen and oxygen atoms in total. The molecule has 0 amide bonds. The molecule has 0 bridgehead atoms. The minimum atomic E-state index is -5.10. The largest absolute Gasteiger partial charge is 0.573 e. The molecule has 0 fully saturated rings. The monoisotopic (exact) mass is 1140 g/mol. The number of carbonyl (C=O) groups excluding carboxylic acids is 1. The Balaban J connectivity index is 0.000000308. The zero-order valence-corrected chi connectivity index (χ0v) is 39.0. The summed E-state index contributed by atoms with van der Waals surface area (Å²) in [7, 11) is 0. The standard InChI is InChI=1S/C25H19F9N2O3.C21H14F6N2O4.C2H4F3N/c26-23(27,28)9-8-18(37)14-22(15-21-35-10-3-11-36-21,16-4-1-6-19(12-16)38-24(29,30)31)17-5-2-7-20(13-17)39-25(32,33)34;22-20(23,24)32-15-6-1-4-13(10-15)19(18(30)31,12-17-28-8-3-9-29-17)14-5-2-7-16(11-14)33-21(25,26)27;3-2(4,5)1-6/h1-7,10-13H,8-9,14-15H2;1-11H,12H2,(H,30,31);1,6H2. The van der Waals surface area contributed by atoms with Gasteiger partial charge in [-0.25, -0.2) is 19.9 Å². The predicted molar refractivity (Wildman–Crippen MR) is 233 cm³/mol. The van der Waals surface area contributed by atoms with E-state index in [0.717, 1.165) is 72.8 Å². The third-order valence-electron chi connectivity index (χ3n) is 10.3. The molecule has 0 saturated heterocycles. The zero-order chi connectivity index (χ0) is 58.4. The number of carboxylic acid groups (broad SMARTS) is 1. The number of hydrogen-bond acceptors (Lipinski definition) is 11. The summed E-state index contributed by atoms with van der Waals surface area (Å²) in [5.74, 6) is -5.36. The molecule has 0 radical (unpaired) electrons. The summed E-state index contributed by atoms with van der Waals surface area (Å²) in [6.45, 7) is -1.23. The number of hydrogen-bond donors (Lipinski definition) is 2. The van der Waals surface area contributed by atoms with Crippen LogP contribution in [0.5, 0.6) is 23.0 Å². The normalized spacial score (nSPS) is 12.5. The van der Waals surface area contributed by atoms with Crippen molar-refractivity contribution >= 4 is 11.8 Å². The van der Waals surface area contributed by atoms with Gasteiger partial charge in [-0.1, -0.05) is 48.5 Å². The molecular formula is C48H37F18N5O7. The van der Waals surface area contributed by atoms with E-state index in [2.05, 4.69) is 44.6 Å². The van der Waals surface area contributed by atoms with E-state index < -0.39 is 116 Å². The number of ketones is 1. The Morgan fingerprint density at radius 2 is 0.756 bits per heavy atom. The van der Waals surface area contributed by atoms with Crippen LogP contribution in [0.2, 0.25) is 0 Å². The van der Waals surface area contributed by atoms with Gasteiger partial charge in [-0.3, -0.25) is 9.59 Å². The van der Waals surface area contributed by atoms with Gasteiger partial charge >= 0.3 is 43.8 Å². The molecule has 4 aromatic carbocycles. The predicted octanol–water partition coefficient (Wildman–Crippen LogP) is 12.5. The molecule has 0 aliphatic carbocycles. The van der Waals surface area contributed by atoms with Gasteiger partial charge in [0.15, 0.2) is 0 Å². The Hall–Kier alpha value is -7.92. The van der Waals surface area contributed by atoms with Crippen molar-refractivity contribution in [1.82, 2.24) is 19.9 Å². The van der Waals surface area contributed by atoms with E-state index in [9.17, 15) is 93.7 Å². The SMILES string of the molecule is NCC(F)(F)F.O=C(CCC(F)(F)F)CC(Cc1ncccn1)(c1cccc(OC(F)(F)F)c1)c1cccc(OC(F)(F)F)c1.O=C(O)C(Cc1ncccn1)(c1cccc(OC(F)(F)F)c1)c1cccc(OC(F)(F)F)c1. The van der Waals surface area contributed by atoms with Crippen LogP contribution in [0.4, 0.5) is 79.0 Å². The number of rotatable bonds is 17. The number of carboxylic acids is 1. The van der Waals surface area contributed by atoms with E-state index in [4.69, 9.17) is 0 Å². The van der Waals surface area contributed by atoms with Crippen LogP contribution in [0.1, 0.15) is 53.2 Å². The molecule has 422 valence electrons. The van der Waals surface area contributed by atoms with Crippen molar-refractivity contribution in [2.24, 2.45) is 5.73 Å². The minimum Gasteiger partial charge on any atom is -0.480 e. The van der Waals surface area contributed by atoms with Gasteiger partial charge in [-0.05, 0) is 82.9 Å². The average molecular weight is 1140 g/mol. The van der Waals surface area contributed by atoms with Gasteiger partial charge in [0.2, 0.25) is 0 Å². The van der Waals surface area contributed by atoms with E-state index in [-0.39, 0.29) is 40.3 Å². The molecule has 30 heteroatoms. The van der Waals surface area contributed by atoms with Gasteiger partial charge in [-0.2, -0.15) is 26.3 Å². The molecule has 2 aromatic heterocycles. The Morgan fingerprint density at radius 3 is 1.05 bits per heavy atom. The van der Waals surface area contributed by atoms with Crippen molar-refractivity contribution in [3.63, 3.8) is 0 Å². The number of nitrogens with zero attached hydrogens (tertiary/aromatic N) is 4. The summed E-state index contributed by atoms with van der Waals surface area (Å²) >= 11 is 0. The summed E-state index contributed by atoms with van der Waals surface area (Å²) in [6, 6.07) is 19.8. The highest BCUT2D eigenvalue weighted by Crippen LogP contribution is 2.44. The maximum absolute atomic E-state index is 12.9. The lowest BCUT2D eigenvalue weighted by molar-refractivity contribution is -0.275. The smallest absolute Gasteiger partial charge is 0.480 e. The summed E-state index contributed by atoms with van der Waals surface area (Å²) < 4.78 is 240. The highest BCUT2D eigenvalue weighted by atomic mass is 19.4. The second-order valence-electron chi connectivity index (χ2n) is 15.9. The third-order valence-corrected chi connectivity index (χ3v) is 10.3. The van der Waals surface area contributed by atoms with Crippen LogP contribution >= 0.6 is 0 Å². The quantitative estimate of drug-likeness (QED) is 0.0830. The lowest BCUT2D eigenvalue weighted by atomic mass is 9.68. The average Bonchev–Trinajstić information content (AvgIpc) is 3.31. The van der Waals surface area contributed by atoms with Crippen LogP contribution in [0.3, 0.4) is 0 Å². The first-order valence-electron chi connectivity index (χ1n) is 21.6. The fourth-order valence-corrected chi connectivity index (χ4v) is 7.29. The van der Waals surface area contributed by atoms with E-state index in [1.807, 2.05) is 0 Å². The number of Topliss-reactive ketones (excluding diaryl/α,β-unsaturated/α-hetero) is 1. The lowest BCUT2D eigenvalue weighted by Crippen LogP contribution is -2.40. The van der Waals surface area contributed by atoms with E-state index in [1.165, 1.54) is 61.2 Å². The van der Waals surface area contributed by atoms with Crippen LogP contribution in [-0.2, 0) is 33.3 Å². The number of nitrogens with two attached hydrogens (primary N) is 1. The highest BCUT2D eigenvalue weighted by molar-refractivity contribution is 5.87. The number of benzene rings is 4. The Morgan fingerprint density at radius 1 is 0.449 bits per heavy atom. The molecule has 6 aromatic rings. The van der Waals surface area contributed by atoms with Gasteiger partial charge in [0.05, 0.1) is 13.0 Å². The molecule has 2 heterocycles. The van der Waals surface area contributed by atoms with E-state index in [1.54, 1.807) is 0 Å². The zero-order valence-electron chi connectivity index (χ0n) is 39.0. The Bertz CT molecular complexity index is 2760. The van der Waals surface area contributed by atoms with Gasteiger partial charge in [0.1, 0.15) is 45.8 Å². The van der Waals surface area contributed by atoms with Crippen LogP contribution in [-0.4, -0.2) is 81.1 Å². The van der Waals surface area contributed by atoms with Crippen LogP contribution in [0.25, 0.3) is 0 Å². The summed E-state index contributed by atoms with van der Waals surface area (Å²) in [5, 5.41) is 10.3. The molecule has 3 N–H and O–H groups in total. The lowest BCUT2D eigenvalue weighted by Gasteiger charge is -2.35. The molecule has 6 rings (SSSR count). The van der Waals surface area contributed by atoms with Crippen LogP contribution in [0, 0.1) is 0 Å². The van der Waals surface area contributed by atoms with Crippen molar-refractivity contribution in [2.45, 2.75) is 80.7 Å². The van der Waals surface area contributed by atoms with E-state index >= 15 is 0 Å². The number of halogens is 18. The second-order valence-corrected chi connectivity index (χ2v) is 15.9. The number of carbonyl (C=O) groups is 2. The molecule has 0 saturated carbocycles. The van der Waals surface area contributed by atoms with E-state index in [0.29, 0.717) is 0 Å². The first kappa shape index (κ1) is 62.6. The number of ether oxygens (including phenoxy) is 4. The molecular weight excluding hydrogens is 1100 g/mol. The van der Waals surface area contributed by atoms with Crippen LogP contribution < -0.4 is 24.7 Å². The van der Waals surface area contributed by atoms with Crippen molar-refractivity contribution in [1.29, 1.82) is 0 Å². The Labute approximate surface area is 427 Å². The fourth-order valence-electron chi connectivity index (χ4n) is 7.29. The maximum atomic E-state index is 12.9. The molecule has 78 heavy (non-hydrogen) atoms. The first-order chi connectivity index (χ1) is 36.0. The first-order valence-corrected chi connectivity index (χ1v) is 21.6. The van der Waals surface area contributed by atoms with Crippen molar-refractivity contribution in [2.75, 3.05) is 6.54 Å². The fraction of sp³-hybridized carbons (Fsp3) is 0.292. The van der Waals surface area contributed by atoms with Gasteiger partial charge in [0, 0.05) is 55.9 Å². The maximum Gasteiger partial charge on any atom is 0.573 e. The topological polar surface area (TPSA) is 169 Å². The number of alkyl halides is 18. The minimum absolute atomic E-state index is 0.0100.